The summed E-state index contributed by atoms with van der Waals surface area (Å²) in [7, 11) is 0. The average Bonchev–Trinajstić information content (AvgIpc) is 2.64. The highest BCUT2D eigenvalue weighted by molar-refractivity contribution is 4.83. The van der Waals surface area contributed by atoms with E-state index in [2.05, 4.69) is 24.1 Å². The fourth-order valence-corrected chi connectivity index (χ4v) is 2.63. The number of likely N-dealkylation sites (tertiary alicyclic amines) is 1. The molecule has 1 unspecified atom stereocenters. The molecule has 0 saturated carbocycles. The molecule has 0 aromatic rings. The summed E-state index contributed by atoms with van der Waals surface area (Å²) in [4.78, 5) is 2.65. The van der Waals surface area contributed by atoms with E-state index in [1.165, 1.54) is 39.1 Å². The van der Waals surface area contributed by atoms with Crippen LogP contribution in [0.1, 0.15) is 20.3 Å². The average molecular weight is 182 g/mol. The van der Waals surface area contributed by atoms with Crippen LogP contribution in [0.4, 0.5) is 0 Å². The maximum atomic E-state index is 3.48. The summed E-state index contributed by atoms with van der Waals surface area (Å²) < 4.78 is 0. The van der Waals surface area contributed by atoms with Crippen LogP contribution in [-0.2, 0) is 0 Å². The summed E-state index contributed by atoms with van der Waals surface area (Å²) in [6, 6.07) is 0. The van der Waals surface area contributed by atoms with Crippen LogP contribution < -0.4 is 5.32 Å². The third-order valence-corrected chi connectivity index (χ3v) is 3.68. The second-order valence-corrected chi connectivity index (χ2v) is 5.05. The molecule has 2 rings (SSSR count). The lowest BCUT2D eigenvalue weighted by atomic mass is 9.98. The van der Waals surface area contributed by atoms with Crippen molar-refractivity contribution in [1.29, 1.82) is 0 Å². The van der Waals surface area contributed by atoms with Crippen LogP contribution >= 0.6 is 0 Å². The summed E-state index contributed by atoms with van der Waals surface area (Å²) in [5.74, 6) is 2.73. The molecule has 2 aliphatic heterocycles. The Morgan fingerprint density at radius 1 is 1.31 bits per heavy atom. The molecular weight excluding hydrogens is 160 g/mol. The van der Waals surface area contributed by atoms with Crippen LogP contribution in [0.15, 0.2) is 0 Å². The number of nitrogens with zero attached hydrogens (tertiary/aromatic N) is 1. The van der Waals surface area contributed by atoms with Gasteiger partial charge in [-0.25, -0.2) is 0 Å². The van der Waals surface area contributed by atoms with Crippen molar-refractivity contribution in [1.82, 2.24) is 10.2 Å². The predicted octanol–water partition coefficient (Wildman–Crippen LogP) is 1.18. The van der Waals surface area contributed by atoms with Gasteiger partial charge in [0.15, 0.2) is 0 Å². The van der Waals surface area contributed by atoms with Gasteiger partial charge in [-0.1, -0.05) is 13.8 Å². The largest absolute Gasteiger partial charge is 0.316 e. The molecule has 0 amide bonds. The molecule has 13 heavy (non-hydrogen) atoms. The van der Waals surface area contributed by atoms with Gasteiger partial charge in [0.25, 0.3) is 0 Å². The number of rotatable bonds is 2. The highest BCUT2D eigenvalue weighted by Crippen LogP contribution is 2.21. The Balaban J connectivity index is 1.77. The van der Waals surface area contributed by atoms with E-state index in [9.17, 15) is 0 Å². The maximum Gasteiger partial charge on any atom is 0.00249 e. The molecule has 2 heterocycles. The fraction of sp³-hybridized carbons (Fsp3) is 1.00. The van der Waals surface area contributed by atoms with Crippen LogP contribution in [0.25, 0.3) is 0 Å². The highest BCUT2D eigenvalue weighted by atomic mass is 15.2. The third kappa shape index (κ3) is 2.23. The van der Waals surface area contributed by atoms with Crippen molar-refractivity contribution in [3.05, 3.63) is 0 Å². The molecule has 0 aliphatic carbocycles. The Morgan fingerprint density at radius 2 is 2.15 bits per heavy atom. The molecule has 2 saturated heterocycles. The maximum absolute atomic E-state index is 3.48. The Hall–Kier alpha value is -0.0800. The predicted molar refractivity (Wildman–Crippen MR) is 55.7 cm³/mol. The molecule has 1 N–H and O–H groups in total. The monoisotopic (exact) mass is 182 g/mol. The van der Waals surface area contributed by atoms with Gasteiger partial charge in [0.2, 0.25) is 0 Å². The standard InChI is InChI=1S/C11H22N2/c1-9-3-4-13(7-9)8-11-6-12-5-10(11)2/h9-12H,3-8H2,1-2H3/t9?,10-,11+/m1/s1. The Kier molecular flexibility index (Phi) is 2.89. The molecule has 2 heteroatoms. The molecule has 0 aromatic carbocycles. The minimum atomic E-state index is 0.885. The first-order valence-electron chi connectivity index (χ1n) is 5.69. The van der Waals surface area contributed by atoms with E-state index in [0.717, 1.165) is 17.8 Å². The van der Waals surface area contributed by atoms with Gasteiger partial charge in [-0.15, -0.1) is 0 Å². The van der Waals surface area contributed by atoms with Crippen molar-refractivity contribution in [3.63, 3.8) is 0 Å². The minimum Gasteiger partial charge on any atom is -0.316 e. The SMILES string of the molecule is CC1CCN(C[C@@H]2CNC[C@H]2C)C1. The number of hydrogen-bond donors (Lipinski definition) is 1. The molecule has 76 valence electrons. The lowest BCUT2D eigenvalue weighted by Gasteiger charge is -2.22. The minimum absolute atomic E-state index is 0.885. The van der Waals surface area contributed by atoms with Crippen LogP contribution in [0.2, 0.25) is 0 Å². The molecule has 0 radical (unpaired) electrons. The second-order valence-electron chi connectivity index (χ2n) is 5.05. The van der Waals surface area contributed by atoms with Crippen molar-refractivity contribution >= 4 is 0 Å². The van der Waals surface area contributed by atoms with Gasteiger partial charge in [-0.3, -0.25) is 0 Å². The van der Waals surface area contributed by atoms with Crippen molar-refractivity contribution in [3.8, 4) is 0 Å². The Bertz CT molecular complexity index is 169. The fourth-order valence-electron chi connectivity index (χ4n) is 2.63. The van der Waals surface area contributed by atoms with Gasteiger partial charge in [0, 0.05) is 13.1 Å². The van der Waals surface area contributed by atoms with E-state index in [-0.39, 0.29) is 0 Å². The zero-order valence-corrected chi connectivity index (χ0v) is 8.92. The van der Waals surface area contributed by atoms with Crippen LogP contribution in [0.3, 0.4) is 0 Å². The van der Waals surface area contributed by atoms with Gasteiger partial charge in [0.05, 0.1) is 0 Å². The quantitative estimate of drug-likeness (QED) is 0.690. The third-order valence-electron chi connectivity index (χ3n) is 3.68. The van der Waals surface area contributed by atoms with Crippen LogP contribution in [0.5, 0.6) is 0 Å². The summed E-state index contributed by atoms with van der Waals surface area (Å²) in [5.41, 5.74) is 0. The molecule has 0 bridgehead atoms. The van der Waals surface area contributed by atoms with Crippen molar-refractivity contribution < 1.29 is 0 Å². The molecule has 3 atom stereocenters. The first-order chi connectivity index (χ1) is 6.25. The second kappa shape index (κ2) is 3.97. The molecule has 2 aliphatic rings. The Labute approximate surface area is 81.7 Å². The summed E-state index contributed by atoms with van der Waals surface area (Å²) >= 11 is 0. The van der Waals surface area contributed by atoms with Gasteiger partial charge >= 0.3 is 0 Å². The number of nitrogens with one attached hydrogen (secondary N) is 1. The lowest BCUT2D eigenvalue weighted by molar-refractivity contribution is 0.254. The first-order valence-corrected chi connectivity index (χ1v) is 5.69. The normalized spacial score (nSPS) is 41.5. The van der Waals surface area contributed by atoms with Gasteiger partial charge in [-0.05, 0) is 43.8 Å². The molecule has 0 aromatic heterocycles. The van der Waals surface area contributed by atoms with E-state index < -0.39 is 0 Å². The zero-order chi connectivity index (χ0) is 9.26. The molecular formula is C11H22N2. The van der Waals surface area contributed by atoms with E-state index >= 15 is 0 Å². The number of hydrogen-bond acceptors (Lipinski definition) is 2. The lowest BCUT2D eigenvalue weighted by Crippen LogP contribution is -2.30. The smallest absolute Gasteiger partial charge is 0.00249 e. The van der Waals surface area contributed by atoms with Crippen molar-refractivity contribution in [2.24, 2.45) is 17.8 Å². The van der Waals surface area contributed by atoms with E-state index in [1.807, 2.05) is 0 Å². The highest BCUT2D eigenvalue weighted by Gasteiger charge is 2.27. The van der Waals surface area contributed by atoms with E-state index in [4.69, 9.17) is 0 Å². The topological polar surface area (TPSA) is 15.3 Å². The summed E-state index contributed by atoms with van der Waals surface area (Å²) in [6.45, 7) is 11.2. The summed E-state index contributed by atoms with van der Waals surface area (Å²) in [5, 5.41) is 3.48. The van der Waals surface area contributed by atoms with E-state index in [1.54, 1.807) is 0 Å². The van der Waals surface area contributed by atoms with Crippen LogP contribution in [0, 0.1) is 17.8 Å². The zero-order valence-electron chi connectivity index (χ0n) is 8.92. The van der Waals surface area contributed by atoms with Gasteiger partial charge < -0.3 is 10.2 Å². The Morgan fingerprint density at radius 3 is 2.69 bits per heavy atom. The molecule has 2 fully saturated rings. The molecule has 0 spiro atoms. The van der Waals surface area contributed by atoms with Crippen molar-refractivity contribution in [2.45, 2.75) is 20.3 Å². The van der Waals surface area contributed by atoms with Gasteiger partial charge in [-0.2, -0.15) is 0 Å². The van der Waals surface area contributed by atoms with E-state index in [0.29, 0.717) is 0 Å². The van der Waals surface area contributed by atoms with Crippen molar-refractivity contribution in [2.75, 3.05) is 32.7 Å². The molecule has 2 nitrogen and oxygen atoms in total. The van der Waals surface area contributed by atoms with Crippen LogP contribution in [-0.4, -0.2) is 37.6 Å². The first kappa shape index (κ1) is 9.47. The van der Waals surface area contributed by atoms with Gasteiger partial charge in [0.1, 0.15) is 0 Å². The summed E-state index contributed by atoms with van der Waals surface area (Å²) in [6.07, 6.45) is 1.41.